The fourth-order valence-electron chi connectivity index (χ4n) is 3.11. The van der Waals surface area contributed by atoms with Gasteiger partial charge < -0.3 is 14.2 Å². The van der Waals surface area contributed by atoms with Crippen LogP contribution in [0.15, 0.2) is 53.0 Å². The number of benzene rings is 3. The first kappa shape index (κ1) is 17.6. The zero-order chi connectivity index (χ0) is 18.0. The summed E-state index contributed by atoms with van der Waals surface area (Å²) >= 11 is 3.68. The van der Waals surface area contributed by atoms with Crippen molar-refractivity contribution < 1.29 is 14.2 Å². The van der Waals surface area contributed by atoms with E-state index < -0.39 is 0 Å². The molecule has 3 aromatic rings. The molecule has 0 spiro atoms. The van der Waals surface area contributed by atoms with E-state index in [0.717, 1.165) is 10.0 Å². The molecule has 0 heterocycles. The first-order chi connectivity index (χ1) is 12.1. The molecule has 0 aliphatic carbocycles. The number of rotatable bonds is 5. The van der Waals surface area contributed by atoms with Crippen LogP contribution in [-0.2, 0) is 0 Å². The molecular weight excluding hydrogens is 380 g/mol. The molecule has 0 aliphatic rings. The monoisotopic (exact) mass is 400 g/mol. The summed E-state index contributed by atoms with van der Waals surface area (Å²) < 4.78 is 17.4. The van der Waals surface area contributed by atoms with E-state index in [1.807, 2.05) is 6.07 Å². The van der Waals surface area contributed by atoms with Gasteiger partial charge in [0, 0.05) is 5.92 Å². The lowest BCUT2D eigenvalue weighted by atomic mass is 9.91. The maximum atomic E-state index is 5.55. The largest absolute Gasteiger partial charge is 0.493 e. The van der Waals surface area contributed by atoms with Crippen LogP contribution < -0.4 is 14.2 Å². The maximum absolute atomic E-state index is 5.55. The SMILES string of the molecule is COc1cc([C@@H](C)c2ccc3ccccc3c2)c(Br)c(OC)c1OC. The van der Waals surface area contributed by atoms with E-state index in [9.17, 15) is 0 Å². The highest BCUT2D eigenvalue weighted by Crippen LogP contribution is 2.47. The van der Waals surface area contributed by atoms with Crippen LogP contribution in [0.4, 0.5) is 0 Å². The third kappa shape index (κ3) is 3.19. The summed E-state index contributed by atoms with van der Waals surface area (Å²) in [4.78, 5) is 0. The van der Waals surface area contributed by atoms with Crippen LogP contribution in [0.2, 0.25) is 0 Å². The first-order valence-corrected chi connectivity index (χ1v) is 8.87. The van der Waals surface area contributed by atoms with Crippen LogP contribution in [-0.4, -0.2) is 21.3 Å². The summed E-state index contributed by atoms with van der Waals surface area (Å²) in [7, 11) is 4.88. The van der Waals surface area contributed by atoms with Gasteiger partial charge in [0.05, 0.1) is 25.8 Å². The molecule has 0 bridgehead atoms. The van der Waals surface area contributed by atoms with Crippen molar-refractivity contribution in [2.75, 3.05) is 21.3 Å². The van der Waals surface area contributed by atoms with Crippen LogP contribution in [0.1, 0.15) is 24.0 Å². The lowest BCUT2D eigenvalue weighted by Gasteiger charge is -2.21. The van der Waals surface area contributed by atoms with E-state index >= 15 is 0 Å². The molecule has 0 radical (unpaired) electrons. The van der Waals surface area contributed by atoms with Crippen LogP contribution in [0, 0.1) is 0 Å². The van der Waals surface area contributed by atoms with Gasteiger partial charge in [-0.3, -0.25) is 0 Å². The zero-order valence-electron chi connectivity index (χ0n) is 14.8. The van der Waals surface area contributed by atoms with Gasteiger partial charge in [-0.25, -0.2) is 0 Å². The number of hydrogen-bond donors (Lipinski definition) is 0. The van der Waals surface area contributed by atoms with Crippen molar-refractivity contribution in [3.8, 4) is 17.2 Å². The minimum absolute atomic E-state index is 0.160. The highest BCUT2D eigenvalue weighted by atomic mass is 79.9. The Morgan fingerprint density at radius 2 is 1.48 bits per heavy atom. The highest BCUT2D eigenvalue weighted by molar-refractivity contribution is 9.10. The fourth-order valence-corrected chi connectivity index (χ4v) is 3.91. The third-order valence-corrected chi connectivity index (χ3v) is 5.36. The molecule has 0 fully saturated rings. The Kier molecular flexibility index (Phi) is 5.19. The fraction of sp³-hybridized carbons (Fsp3) is 0.238. The van der Waals surface area contributed by atoms with Crippen molar-refractivity contribution in [1.82, 2.24) is 0 Å². The van der Waals surface area contributed by atoms with Gasteiger partial charge in [-0.05, 0) is 43.9 Å². The quantitative estimate of drug-likeness (QED) is 0.543. The standard InChI is InChI=1S/C21H21BrO3/c1-13(15-10-9-14-7-5-6-8-16(14)11-15)17-12-18(23-2)20(24-3)21(25-4)19(17)22/h5-13H,1-4H3/t13-/m0/s1. The average Bonchev–Trinajstić information content (AvgIpc) is 2.66. The Morgan fingerprint density at radius 1 is 0.800 bits per heavy atom. The second-order valence-electron chi connectivity index (χ2n) is 5.88. The van der Waals surface area contributed by atoms with Gasteiger partial charge in [-0.2, -0.15) is 0 Å². The summed E-state index contributed by atoms with van der Waals surface area (Å²) in [5.41, 5.74) is 2.32. The number of fused-ring (bicyclic) bond motifs is 1. The Balaban J connectivity index is 2.13. The van der Waals surface area contributed by atoms with Crippen molar-refractivity contribution in [3.05, 3.63) is 64.1 Å². The number of ether oxygens (including phenoxy) is 3. The second-order valence-corrected chi connectivity index (χ2v) is 6.67. The molecule has 0 aliphatic heterocycles. The Bertz CT molecular complexity index is 905. The molecule has 1 atom stereocenters. The molecule has 3 rings (SSSR count). The van der Waals surface area contributed by atoms with Crippen molar-refractivity contribution in [2.24, 2.45) is 0 Å². The van der Waals surface area contributed by atoms with E-state index in [-0.39, 0.29) is 5.92 Å². The van der Waals surface area contributed by atoms with Crippen molar-refractivity contribution in [1.29, 1.82) is 0 Å². The maximum Gasteiger partial charge on any atom is 0.204 e. The molecule has 0 saturated carbocycles. The summed E-state index contributed by atoms with van der Waals surface area (Å²) in [6.45, 7) is 2.18. The van der Waals surface area contributed by atoms with E-state index in [0.29, 0.717) is 17.2 Å². The zero-order valence-corrected chi connectivity index (χ0v) is 16.4. The second kappa shape index (κ2) is 7.36. The summed E-state index contributed by atoms with van der Waals surface area (Å²) in [5.74, 6) is 2.05. The Hall–Kier alpha value is -2.20. The van der Waals surface area contributed by atoms with Crippen LogP contribution in [0.25, 0.3) is 10.8 Å². The molecule has 4 heteroatoms. The van der Waals surface area contributed by atoms with E-state index in [1.165, 1.54) is 16.3 Å². The molecule has 3 nitrogen and oxygen atoms in total. The molecule has 3 aromatic carbocycles. The van der Waals surface area contributed by atoms with Gasteiger partial charge in [0.1, 0.15) is 0 Å². The normalized spacial score (nSPS) is 12.0. The van der Waals surface area contributed by atoms with Gasteiger partial charge >= 0.3 is 0 Å². The molecule has 0 N–H and O–H groups in total. The summed E-state index contributed by atoms with van der Waals surface area (Å²) in [6.07, 6.45) is 0. The number of methoxy groups -OCH3 is 3. The smallest absolute Gasteiger partial charge is 0.204 e. The molecule has 130 valence electrons. The van der Waals surface area contributed by atoms with Crippen LogP contribution in [0.3, 0.4) is 0 Å². The number of halogens is 1. The van der Waals surface area contributed by atoms with E-state index in [2.05, 4.69) is 65.3 Å². The number of hydrogen-bond acceptors (Lipinski definition) is 3. The molecule has 0 amide bonds. The summed E-state index contributed by atoms with van der Waals surface area (Å²) in [5, 5.41) is 2.47. The lowest BCUT2D eigenvalue weighted by molar-refractivity contribution is 0.322. The Morgan fingerprint density at radius 3 is 2.12 bits per heavy atom. The average molecular weight is 401 g/mol. The predicted molar refractivity (Wildman–Crippen MR) is 105 cm³/mol. The molecule has 0 unspecified atom stereocenters. The summed E-state index contributed by atoms with van der Waals surface area (Å²) in [6, 6.07) is 16.9. The topological polar surface area (TPSA) is 27.7 Å². The van der Waals surface area contributed by atoms with Gasteiger partial charge in [-0.1, -0.05) is 49.4 Å². The lowest BCUT2D eigenvalue weighted by Crippen LogP contribution is -2.03. The molecular formula is C21H21BrO3. The van der Waals surface area contributed by atoms with E-state index in [1.54, 1.807) is 21.3 Å². The van der Waals surface area contributed by atoms with Crippen molar-refractivity contribution >= 4 is 26.7 Å². The van der Waals surface area contributed by atoms with Crippen molar-refractivity contribution in [3.63, 3.8) is 0 Å². The van der Waals surface area contributed by atoms with Crippen LogP contribution >= 0.6 is 15.9 Å². The first-order valence-electron chi connectivity index (χ1n) is 8.07. The predicted octanol–water partition coefficient (Wildman–Crippen LogP) is 5.78. The van der Waals surface area contributed by atoms with Gasteiger partial charge in [0.25, 0.3) is 0 Å². The minimum Gasteiger partial charge on any atom is -0.493 e. The van der Waals surface area contributed by atoms with Crippen molar-refractivity contribution in [2.45, 2.75) is 12.8 Å². The molecule has 25 heavy (non-hydrogen) atoms. The molecule has 0 saturated heterocycles. The third-order valence-electron chi connectivity index (χ3n) is 4.54. The highest BCUT2D eigenvalue weighted by Gasteiger charge is 2.22. The Labute approximate surface area is 156 Å². The van der Waals surface area contributed by atoms with Gasteiger partial charge in [-0.15, -0.1) is 0 Å². The van der Waals surface area contributed by atoms with Crippen LogP contribution in [0.5, 0.6) is 17.2 Å². The van der Waals surface area contributed by atoms with E-state index in [4.69, 9.17) is 14.2 Å². The van der Waals surface area contributed by atoms with Gasteiger partial charge in [0.15, 0.2) is 11.5 Å². The molecule has 0 aromatic heterocycles. The van der Waals surface area contributed by atoms with Gasteiger partial charge in [0.2, 0.25) is 5.75 Å². The minimum atomic E-state index is 0.160.